The van der Waals surface area contributed by atoms with E-state index in [1.54, 1.807) is 24.3 Å². The van der Waals surface area contributed by atoms with Crippen LogP contribution in [0.3, 0.4) is 0 Å². The zero-order chi connectivity index (χ0) is 9.68. The smallest absolute Gasteiger partial charge is 0.307 e. The van der Waals surface area contributed by atoms with E-state index in [-0.39, 0.29) is 6.42 Å². The highest BCUT2D eigenvalue weighted by atomic mass is 16.4. The second kappa shape index (κ2) is 4.25. The normalized spacial score (nSPS) is 10.5. The lowest BCUT2D eigenvalue weighted by Gasteiger charge is -2.00. The molecule has 0 aliphatic carbocycles. The Balaban J connectivity index is 2.97. The molecule has 13 heavy (non-hydrogen) atoms. The van der Waals surface area contributed by atoms with Crippen LogP contribution in [0, 0.1) is 0 Å². The van der Waals surface area contributed by atoms with Gasteiger partial charge in [-0.05, 0) is 11.1 Å². The van der Waals surface area contributed by atoms with E-state index in [9.17, 15) is 4.79 Å². The van der Waals surface area contributed by atoms with Crippen molar-refractivity contribution >= 4 is 12.2 Å². The summed E-state index contributed by atoms with van der Waals surface area (Å²) < 4.78 is 0. The molecule has 1 rings (SSSR count). The van der Waals surface area contributed by atoms with Crippen molar-refractivity contribution in [3.63, 3.8) is 0 Å². The molecule has 68 valence electrons. The van der Waals surface area contributed by atoms with Crippen LogP contribution in [-0.2, 0) is 11.2 Å². The van der Waals surface area contributed by atoms with E-state index >= 15 is 0 Å². The molecule has 0 bridgehead atoms. The van der Waals surface area contributed by atoms with Crippen LogP contribution in [0.5, 0.6) is 0 Å². The fourth-order valence-corrected chi connectivity index (χ4v) is 1.05. The van der Waals surface area contributed by atoms with Gasteiger partial charge in [0.15, 0.2) is 0 Å². The standard InChI is InChI=1S/C9H9NO3/c11-9(12)5-7-3-1-2-4-8(7)6-10-13/h1-4,6,13H,5H2,(H,11,12). The minimum Gasteiger partial charge on any atom is -0.481 e. The van der Waals surface area contributed by atoms with Crippen LogP contribution in [0.2, 0.25) is 0 Å². The van der Waals surface area contributed by atoms with Gasteiger partial charge < -0.3 is 10.3 Å². The van der Waals surface area contributed by atoms with Gasteiger partial charge in [0.2, 0.25) is 0 Å². The van der Waals surface area contributed by atoms with Crippen LogP contribution in [-0.4, -0.2) is 22.5 Å². The third-order valence-corrected chi connectivity index (χ3v) is 1.59. The fraction of sp³-hybridized carbons (Fsp3) is 0.111. The van der Waals surface area contributed by atoms with Gasteiger partial charge in [-0.15, -0.1) is 0 Å². The molecule has 0 aliphatic heterocycles. The molecular weight excluding hydrogens is 170 g/mol. The SMILES string of the molecule is O=C(O)Cc1ccccc1C=NO. The molecular formula is C9H9NO3. The lowest BCUT2D eigenvalue weighted by molar-refractivity contribution is -0.136. The van der Waals surface area contributed by atoms with Gasteiger partial charge in [-0.1, -0.05) is 29.4 Å². The van der Waals surface area contributed by atoms with E-state index in [0.29, 0.717) is 11.1 Å². The molecule has 0 unspecified atom stereocenters. The highest BCUT2D eigenvalue weighted by molar-refractivity contribution is 5.83. The first-order valence-corrected chi connectivity index (χ1v) is 3.71. The van der Waals surface area contributed by atoms with Crippen molar-refractivity contribution < 1.29 is 15.1 Å². The van der Waals surface area contributed by atoms with Crippen molar-refractivity contribution in [2.24, 2.45) is 5.16 Å². The van der Waals surface area contributed by atoms with Crippen LogP contribution in [0.15, 0.2) is 29.4 Å². The Kier molecular flexibility index (Phi) is 3.03. The van der Waals surface area contributed by atoms with Crippen LogP contribution < -0.4 is 0 Å². The maximum absolute atomic E-state index is 10.4. The summed E-state index contributed by atoms with van der Waals surface area (Å²) >= 11 is 0. The largest absolute Gasteiger partial charge is 0.481 e. The van der Waals surface area contributed by atoms with E-state index in [2.05, 4.69) is 5.16 Å². The Morgan fingerprint density at radius 3 is 2.77 bits per heavy atom. The molecule has 0 spiro atoms. The maximum Gasteiger partial charge on any atom is 0.307 e. The lowest BCUT2D eigenvalue weighted by atomic mass is 10.1. The topological polar surface area (TPSA) is 69.9 Å². The van der Waals surface area contributed by atoms with E-state index in [1.165, 1.54) is 6.21 Å². The third kappa shape index (κ3) is 2.59. The minimum absolute atomic E-state index is 0.0673. The van der Waals surface area contributed by atoms with Crippen molar-refractivity contribution in [1.82, 2.24) is 0 Å². The highest BCUT2D eigenvalue weighted by Gasteiger charge is 2.03. The minimum atomic E-state index is -0.904. The monoisotopic (exact) mass is 179 g/mol. The summed E-state index contributed by atoms with van der Waals surface area (Å²) in [5.41, 5.74) is 1.25. The van der Waals surface area contributed by atoms with Gasteiger partial charge in [-0.2, -0.15) is 0 Å². The molecule has 0 saturated carbocycles. The number of hydrogen-bond acceptors (Lipinski definition) is 3. The van der Waals surface area contributed by atoms with Crippen LogP contribution in [0.1, 0.15) is 11.1 Å². The summed E-state index contributed by atoms with van der Waals surface area (Å²) in [5.74, 6) is -0.904. The van der Waals surface area contributed by atoms with Gasteiger partial charge >= 0.3 is 5.97 Å². The molecule has 0 saturated heterocycles. The average Bonchev–Trinajstić information content (AvgIpc) is 2.08. The van der Waals surface area contributed by atoms with Crippen LogP contribution in [0.25, 0.3) is 0 Å². The number of carboxylic acids is 1. The van der Waals surface area contributed by atoms with Gasteiger partial charge in [0.05, 0.1) is 12.6 Å². The molecule has 0 fully saturated rings. The Hall–Kier alpha value is -1.84. The van der Waals surface area contributed by atoms with Crippen LogP contribution >= 0.6 is 0 Å². The molecule has 0 atom stereocenters. The van der Waals surface area contributed by atoms with Gasteiger partial charge in [0.1, 0.15) is 0 Å². The third-order valence-electron chi connectivity index (χ3n) is 1.59. The summed E-state index contributed by atoms with van der Waals surface area (Å²) in [5, 5.41) is 19.7. The first-order chi connectivity index (χ1) is 6.24. The van der Waals surface area contributed by atoms with E-state index in [0.717, 1.165) is 0 Å². The predicted octanol–water partition coefficient (Wildman–Crippen LogP) is 1.12. The van der Waals surface area contributed by atoms with E-state index < -0.39 is 5.97 Å². The molecule has 0 amide bonds. The van der Waals surface area contributed by atoms with Crippen molar-refractivity contribution in [2.75, 3.05) is 0 Å². The zero-order valence-corrected chi connectivity index (χ0v) is 6.84. The quantitative estimate of drug-likeness (QED) is 0.415. The molecule has 2 N–H and O–H groups in total. The number of carbonyl (C=O) groups is 1. The number of nitrogens with zero attached hydrogens (tertiary/aromatic N) is 1. The van der Waals surface area contributed by atoms with E-state index in [1.807, 2.05) is 0 Å². The number of oxime groups is 1. The molecule has 0 aromatic heterocycles. The van der Waals surface area contributed by atoms with Gasteiger partial charge in [0.25, 0.3) is 0 Å². The summed E-state index contributed by atoms with van der Waals surface area (Å²) in [4.78, 5) is 10.4. The fourth-order valence-electron chi connectivity index (χ4n) is 1.05. The number of carboxylic acid groups (broad SMARTS) is 1. The lowest BCUT2D eigenvalue weighted by Crippen LogP contribution is -2.02. The van der Waals surface area contributed by atoms with Gasteiger partial charge in [0, 0.05) is 0 Å². The van der Waals surface area contributed by atoms with Crippen LogP contribution in [0.4, 0.5) is 0 Å². The number of aliphatic carboxylic acids is 1. The highest BCUT2D eigenvalue weighted by Crippen LogP contribution is 2.06. The zero-order valence-electron chi connectivity index (χ0n) is 6.84. The first-order valence-electron chi connectivity index (χ1n) is 3.71. The summed E-state index contributed by atoms with van der Waals surface area (Å²) in [6.45, 7) is 0. The molecule has 4 nitrogen and oxygen atoms in total. The number of rotatable bonds is 3. The second-order valence-corrected chi connectivity index (χ2v) is 2.51. The van der Waals surface area contributed by atoms with Crippen molar-refractivity contribution in [2.45, 2.75) is 6.42 Å². The molecule has 1 aromatic carbocycles. The first kappa shape index (κ1) is 9.25. The molecule has 0 aliphatic rings. The Bertz CT molecular complexity index is 333. The van der Waals surface area contributed by atoms with Crippen molar-refractivity contribution in [3.8, 4) is 0 Å². The maximum atomic E-state index is 10.4. The molecule has 0 radical (unpaired) electrons. The summed E-state index contributed by atoms with van der Waals surface area (Å²) in [6.07, 6.45) is 1.15. The number of hydrogen-bond donors (Lipinski definition) is 2. The summed E-state index contributed by atoms with van der Waals surface area (Å²) in [7, 11) is 0. The van der Waals surface area contributed by atoms with Crippen molar-refractivity contribution in [1.29, 1.82) is 0 Å². The second-order valence-electron chi connectivity index (χ2n) is 2.51. The van der Waals surface area contributed by atoms with Gasteiger partial charge in [-0.25, -0.2) is 0 Å². The number of benzene rings is 1. The summed E-state index contributed by atoms with van der Waals surface area (Å²) in [6, 6.07) is 6.87. The predicted molar refractivity (Wildman–Crippen MR) is 47.2 cm³/mol. The Morgan fingerprint density at radius 2 is 2.15 bits per heavy atom. The molecule has 4 heteroatoms. The van der Waals surface area contributed by atoms with Gasteiger partial charge in [-0.3, -0.25) is 4.79 Å². The Morgan fingerprint density at radius 1 is 1.46 bits per heavy atom. The Labute approximate surface area is 75.1 Å². The average molecular weight is 179 g/mol. The van der Waals surface area contributed by atoms with Crippen molar-refractivity contribution in [3.05, 3.63) is 35.4 Å². The molecule has 1 aromatic rings. The molecule has 0 heterocycles. The van der Waals surface area contributed by atoms with E-state index in [4.69, 9.17) is 10.3 Å².